The number of nitrogens with zero attached hydrogens (tertiary/aromatic N) is 2. The minimum Gasteiger partial charge on any atom is -0.486 e. The number of rotatable bonds is 5. The standard InChI is InChI=1S/C18H26N2O5S/c1-26(22,23)20(11-8-18(21)19-9-4-2-3-5-10-19)15-6-7-16-17(14-15)25-13-12-24-16/h6-7,14H,2-5,8-13H2,1H3. The highest BCUT2D eigenvalue weighted by Gasteiger charge is 2.23. The Hall–Kier alpha value is -1.96. The SMILES string of the molecule is CS(=O)(=O)N(CCC(=O)N1CCCCCC1)c1ccc2c(c1)OCCO2. The van der Waals surface area contributed by atoms with Crippen LogP contribution < -0.4 is 13.8 Å². The zero-order valence-corrected chi connectivity index (χ0v) is 16.0. The van der Waals surface area contributed by atoms with Crippen LogP contribution in [0.15, 0.2) is 18.2 Å². The van der Waals surface area contributed by atoms with E-state index in [4.69, 9.17) is 9.47 Å². The number of anilines is 1. The number of sulfonamides is 1. The number of hydrogen-bond acceptors (Lipinski definition) is 5. The van der Waals surface area contributed by atoms with Gasteiger partial charge in [-0.2, -0.15) is 0 Å². The molecule has 2 heterocycles. The Labute approximate surface area is 154 Å². The number of amides is 1. The first-order valence-corrected chi connectivity index (χ1v) is 10.9. The third kappa shape index (κ3) is 4.60. The van der Waals surface area contributed by atoms with Gasteiger partial charge in [-0.25, -0.2) is 8.42 Å². The Balaban J connectivity index is 1.71. The maximum atomic E-state index is 12.5. The van der Waals surface area contributed by atoms with Crippen molar-refractivity contribution in [3.63, 3.8) is 0 Å². The summed E-state index contributed by atoms with van der Waals surface area (Å²) in [4.78, 5) is 14.4. The molecule has 144 valence electrons. The Kier molecular flexibility index (Phi) is 5.90. The summed E-state index contributed by atoms with van der Waals surface area (Å²) >= 11 is 0. The zero-order chi connectivity index (χ0) is 18.6. The molecule has 8 heteroatoms. The summed E-state index contributed by atoms with van der Waals surface area (Å²) in [7, 11) is -3.51. The van der Waals surface area contributed by atoms with Crippen LogP contribution in [0.25, 0.3) is 0 Å². The summed E-state index contributed by atoms with van der Waals surface area (Å²) in [6, 6.07) is 5.05. The Morgan fingerprint density at radius 3 is 2.38 bits per heavy atom. The van der Waals surface area contributed by atoms with E-state index >= 15 is 0 Å². The topological polar surface area (TPSA) is 76.2 Å². The molecule has 2 aliphatic rings. The first kappa shape index (κ1) is 18.8. The summed E-state index contributed by atoms with van der Waals surface area (Å²) in [6.07, 6.45) is 5.65. The van der Waals surface area contributed by atoms with Gasteiger partial charge in [0, 0.05) is 32.1 Å². The highest BCUT2D eigenvalue weighted by Crippen LogP contribution is 2.34. The molecule has 0 radical (unpaired) electrons. The number of hydrogen-bond donors (Lipinski definition) is 0. The van der Waals surface area contributed by atoms with Crippen LogP contribution in [-0.4, -0.2) is 58.3 Å². The zero-order valence-electron chi connectivity index (χ0n) is 15.1. The molecular formula is C18H26N2O5S. The number of benzene rings is 1. The highest BCUT2D eigenvalue weighted by molar-refractivity contribution is 7.92. The van der Waals surface area contributed by atoms with E-state index in [-0.39, 0.29) is 18.9 Å². The summed E-state index contributed by atoms with van der Waals surface area (Å²) < 4.78 is 36.8. The molecule has 3 rings (SSSR count). The molecule has 1 aromatic carbocycles. The van der Waals surface area contributed by atoms with E-state index in [0.717, 1.165) is 45.0 Å². The normalized spacial score (nSPS) is 17.5. The van der Waals surface area contributed by atoms with E-state index in [0.29, 0.717) is 30.4 Å². The molecule has 1 aromatic rings. The van der Waals surface area contributed by atoms with Crippen LogP contribution in [0, 0.1) is 0 Å². The highest BCUT2D eigenvalue weighted by atomic mass is 32.2. The Bertz CT molecular complexity index is 742. The van der Waals surface area contributed by atoms with Crippen LogP contribution in [-0.2, 0) is 14.8 Å². The van der Waals surface area contributed by atoms with Gasteiger partial charge >= 0.3 is 0 Å². The van der Waals surface area contributed by atoms with Gasteiger partial charge in [0.1, 0.15) is 13.2 Å². The fraction of sp³-hybridized carbons (Fsp3) is 0.611. The molecule has 2 aliphatic heterocycles. The molecule has 0 bridgehead atoms. The van der Waals surface area contributed by atoms with Crippen molar-refractivity contribution < 1.29 is 22.7 Å². The fourth-order valence-corrected chi connectivity index (χ4v) is 4.27. The summed E-state index contributed by atoms with van der Waals surface area (Å²) in [5.41, 5.74) is 0.486. The van der Waals surface area contributed by atoms with Crippen molar-refractivity contribution in [2.75, 3.05) is 43.4 Å². The Morgan fingerprint density at radius 1 is 1.08 bits per heavy atom. The van der Waals surface area contributed by atoms with Gasteiger partial charge in [0.2, 0.25) is 15.9 Å². The number of carbonyl (C=O) groups is 1. The predicted molar refractivity (Wildman–Crippen MR) is 99.3 cm³/mol. The average Bonchev–Trinajstić information content (AvgIpc) is 2.90. The summed E-state index contributed by atoms with van der Waals surface area (Å²) in [5.74, 6) is 1.15. The molecule has 26 heavy (non-hydrogen) atoms. The van der Waals surface area contributed by atoms with Gasteiger partial charge in [0.25, 0.3) is 0 Å². The van der Waals surface area contributed by atoms with Crippen LogP contribution in [0.4, 0.5) is 5.69 Å². The lowest BCUT2D eigenvalue weighted by Gasteiger charge is -2.26. The number of carbonyl (C=O) groups excluding carboxylic acids is 1. The van der Waals surface area contributed by atoms with Crippen molar-refractivity contribution in [2.45, 2.75) is 32.1 Å². The summed E-state index contributed by atoms with van der Waals surface area (Å²) in [6.45, 7) is 2.56. The van der Waals surface area contributed by atoms with Crippen LogP contribution >= 0.6 is 0 Å². The number of ether oxygens (including phenoxy) is 2. The minimum atomic E-state index is -3.51. The first-order valence-electron chi connectivity index (χ1n) is 9.10. The molecule has 0 saturated carbocycles. The average molecular weight is 382 g/mol. The maximum Gasteiger partial charge on any atom is 0.232 e. The van der Waals surface area contributed by atoms with E-state index in [9.17, 15) is 13.2 Å². The lowest BCUT2D eigenvalue weighted by atomic mass is 10.2. The lowest BCUT2D eigenvalue weighted by molar-refractivity contribution is -0.130. The van der Waals surface area contributed by atoms with Gasteiger partial charge in [-0.15, -0.1) is 0 Å². The van der Waals surface area contributed by atoms with Gasteiger partial charge in [-0.1, -0.05) is 12.8 Å². The third-order valence-electron chi connectivity index (χ3n) is 4.70. The maximum absolute atomic E-state index is 12.5. The van der Waals surface area contributed by atoms with E-state index < -0.39 is 10.0 Å². The third-order valence-corrected chi connectivity index (χ3v) is 5.90. The monoisotopic (exact) mass is 382 g/mol. The quantitative estimate of drug-likeness (QED) is 0.779. The van der Waals surface area contributed by atoms with Crippen molar-refractivity contribution in [2.24, 2.45) is 0 Å². The molecule has 0 N–H and O–H groups in total. The second-order valence-electron chi connectivity index (χ2n) is 6.71. The van der Waals surface area contributed by atoms with Gasteiger partial charge in [0.15, 0.2) is 11.5 Å². The molecule has 1 fully saturated rings. The van der Waals surface area contributed by atoms with Crippen LogP contribution in [0.5, 0.6) is 11.5 Å². The first-order chi connectivity index (χ1) is 12.4. The molecule has 0 aliphatic carbocycles. The predicted octanol–water partition coefficient (Wildman–Crippen LogP) is 2.02. The second-order valence-corrected chi connectivity index (χ2v) is 8.61. The molecule has 1 saturated heterocycles. The molecule has 1 amide bonds. The molecule has 7 nitrogen and oxygen atoms in total. The van der Waals surface area contributed by atoms with Gasteiger partial charge in [-0.05, 0) is 25.0 Å². The molecule has 0 spiro atoms. The largest absolute Gasteiger partial charge is 0.486 e. The fourth-order valence-electron chi connectivity index (χ4n) is 3.35. The van der Waals surface area contributed by atoms with Crippen molar-refractivity contribution in [3.05, 3.63) is 18.2 Å². The van der Waals surface area contributed by atoms with E-state index in [1.54, 1.807) is 18.2 Å². The van der Waals surface area contributed by atoms with E-state index in [1.165, 1.54) is 4.31 Å². The smallest absolute Gasteiger partial charge is 0.232 e. The van der Waals surface area contributed by atoms with E-state index in [1.807, 2.05) is 4.90 Å². The van der Waals surface area contributed by atoms with Crippen LogP contribution in [0.2, 0.25) is 0 Å². The number of fused-ring (bicyclic) bond motifs is 1. The minimum absolute atomic E-state index is 0.0121. The molecule has 0 atom stereocenters. The van der Waals surface area contributed by atoms with Crippen molar-refractivity contribution >= 4 is 21.6 Å². The molecular weight excluding hydrogens is 356 g/mol. The summed E-state index contributed by atoms with van der Waals surface area (Å²) in [5, 5.41) is 0. The Morgan fingerprint density at radius 2 is 1.73 bits per heavy atom. The van der Waals surface area contributed by atoms with Gasteiger partial charge in [0.05, 0.1) is 11.9 Å². The van der Waals surface area contributed by atoms with E-state index in [2.05, 4.69) is 0 Å². The van der Waals surface area contributed by atoms with Crippen LogP contribution in [0.1, 0.15) is 32.1 Å². The van der Waals surface area contributed by atoms with Crippen LogP contribution in [0.3, 0.4) is 0 Å². The molecule has 0 aromatic heterocycles. The number of likely N-dealkylation sites (tertiary alicyclic amines) is 1. The van der Waals surface area contributed by atoms with Crippen molar-refractivity contribution in [3.8, 4) is 11.5 Å². The van der Waals surface area contributed by atoms with Crippen molar-refractivity contribution in [1.82, 2.24) is 4.90 Å². The molecule has 0 unspecified atom stereocenters. The van der Waals surface area contributed by atoms with Crippen molar-refractivity contribution in [1.29, 1.82) is 0 Å². The lowest BCUT2D eigenvalue weighted by Crippen LogP contribution is -2.37. The van der Waals surface area contributed by atoms with Gasteiger partial charge < -0.3 is 14.4 Å². The van der Waals surface area contributed by atoms with Gasteiger partial charge in [-0.3, -0.25) is 9.10 Å². The second kappa shape index (κ2) is 8.16.